The molecule has 1 unspecified atom stereocenters. The van der Waals surface area contributed by atoms with Crippen LogP contribution in [0.3, 0.4) is 0 Å². The Bertz CT molecular complexity index is 230. The topological polar surface area (TPSA) is 32.3 Å². The molecule has 0 spiro atoms. The van der Waals surface area contributed by atoms with Gasteiger partial charge in [0.25, 0.3) is 0 Å². The Kier molecular flexibility index (Phi) is 5.96. The maximum Gasteiger partial charge on any atom is 0.239 e. The SMILES string of the molecule is CCC(CC)N(CC(C)C)C(=O)C1CCCN1. The molecule has 1 rings (SSSR count). The molecule has 1 aliphatic heterocycles. The highest BCUT2D eigenvalue weighted by Gasteiger charge is 2.30. The standard InChI is InChI=1S/C14H28N2O/c1-5-12(6-2)16(10-11(3)4)14(17)13-8-7-9-15-13/h11-13,15H,5-10H2,1-4H3. The average molecular weight is 240 g/mol. The summed E-state index contributed by atoms with van der Waals surface area (Å²) in [4.78, 5) is 14.6. The van der Waals surface area contributed by atoms with Gasteiger partial charge in [0.05, 0.1) is 6.04 Å². The van der Waals surface area contributed by atoms with Gasteiger partial charge in [-0.05, 0) is 38.1 Å². The van der Waals surface area contributed by atoms with E-state index in [2.05, 4.69) is 37.9 Å². The van der Waals surface area contributed by atoms with Gasteiger partial charge in [0.2, 0.25) is 5.91 Å². The van der Waals surface area contributed by atoms with Crippen molar-refractivity contribution in [3.63, 3.8) is 0 Å². The molecule has 0 aromatic heterocycles. The third kappa shape index (κ3) is 3.98. The van der Waals surface area contributed by atoms with Gasteiger partial charge in [-0.15, -0.1) is 0 Å². The quantitative estimate of drug-likeness (QED) is 0.773. The lowest BCUT2D eigenvalue weighted by Crippen LogP contribution is -2.49. The first kappa shape index (κ1) is 14.5. The Balaban J connectivity index is 2.69. The van der Waals surface area contributed by atoms with E-state index in [0.29, 0.717) is 17.9 Å². The lowest BCUT2D eigenvalue weighted by molar-refractivity contribution is -0.136. The Hall–Kier alpha value is -0.570. The monoisotopic (exact) mass is 240 g/mol. The highest BCUT2D eigenvalue weighted by Crippen LogP contribution is 2.16. The molecule has 0 aromatic rings. The van der Waals surface area contributed by atoms with Gasteiger partial charge >= 0.3 is 0 Å². The molecule has 1 aliphatic rings. The normalized spacial score (nSPS) is 20.2. The van der Waals surface area contributed by atoms with Gasteiger partial charge in [0.15, 0.2) is 0 Å². The Morgan fingerprint density at radius 3 is 2.41 bits per heavy atom. The molecular weight excluding hydrogens is 212 g/mol. The number of amides is 1. The van der Waals surface area contributed by atoms with E-state index < -0.39 is 0 Å². The van der Waals surface area contributed by atoms with Gasteiger partial charge in [-0.1, -0.05) is 27.7 Å². The zero-order valence-corrected chi connectivity index (χ0v) is 11.8. The van der Waals surface area contributed by atoms with E-state index in [9.17, 15) is 4.79 Å². The van der Waals surface area contributed by atoms with E-state index >= 15 is 0 Å². The fraction of sp³-hybridized carbons (Fsp3) is 0.929. The molecular formula is C14H28N2O. The number of hydrogen-bond donors (Lipinski definition) is 1. The molecule has 0 radical (unpaired) electrons. The van der Waals surface area contributed by atoms with Crippen molar-refractivity contribution in [2.75, 3.05) is 13.1 Å². The Morgan fingerprint density at radius 1 is 1.35 bits per heavy atom. The van der Waals surface area contributed by atoms with Gasteiger partial charge in [-0.25, -0.2) is 0 Å². The second-order valence-electron chi connectivity index (χ2n) is 5.50. The van der Waals surface area contributed by atoms with Gasteiger partial charge in [-0.2, -0.15) is 0 Å². The number of rotatable bonds is 6. The number of carbonyl (C=O) groups is 1. The molecule has 1 N–H and O–H groups in total. The summed E-state index contributed by atoms with van der Waals surface area (Å²) in [6.07, 6.45) is 4.26. The highest BCUT2D eigenvalue weighted by molar-refractivity contribution is 5.82. The summed E-state index contributed by atoms with van der Waals surface area (Å²) < 4.78 is 0. The lowest BCUT2D eigenvalue weighted by atomic mass is 10.1. The average Bonchev–Trinajstić information content (AvgIpc) is 2.81. The van der Waals surface area contributed by atoms with Crippen LogP contribution in [-0.2, 0) is 4.79 Å². The van der Waals surface area contributed by atoms with Crippen LogP contribution >= 0.6 is 0 Å². The van der Waals surface area contributed by atoms with Gasteiger partial charge in [0, 0.05) is 12.6 Å². The van der Waals surface area contributed by atoms with Crippen LogP contribution in [0.2, 0.25) is 0 Å². The van der Waals surface area contributed by atoms with E-state index in [-0.39, 0.29) is 6.04 Å². The molecule has 0 aliphatic carbocycles. The maximum absolute atomic E-state index is 12.5. The molecule has 3 nitrogen and oxygen atoms in total. The molecule has 1 atom stereocenters. The molecule has 1 amide bonds. The number of hydrogen-bond acceptors (Lipinski definition) is 2. The second kappa shape index (κ2) is 7.00. The summed E-state index contributed by atoms with van der Waals surface area (Å²) in [5.74, 6) is 0.867. The Labute approximate surface area is 106 Å². The molecule has 1 heterocycles. The van der Waals surface area contributed by atoms with Crippen LogP contribution in [0.5, 0.6) is 0 Å². The van der Waals surface area contributed by atoms with Crippen molar-refractivity contribution in [3.05, 3.63) is 0 Å². The van der Waals surface area contributed by atoms with Gasteiger partial charge in [0.1, 0.15) is 0 Å². The molecule has 3 heteroatoms. The Morgan fingerprint density at radius 2 is 2.00 bits per heavy atom. The predicted octanol–water partition coefficient (Wildman–Crippen LogP) is 2.41. The summed E-state index contributed by atoms with van der Waals surface area (Å²) in [5, 5.41) is 3.32. The molecule has 0 bridgehead atoms. The van der Waals surface area contributed by atoms with Crippen LogP contribution in [-0.4, -0.2) is 36.0 Å². The van der Waals surface area contributed by atoms with E-state index in [1.807, 2.05) is 0 Å². The molecule has 0 aromatic carbocycles. The lowest BCUT2D eigenvalue weighted by Gasteiger charge is -2.34. The minimum absolute atomic E-state index is 0.0781. The van der Waals surface area contributed by atoms with Crippen molar-refractivity contribution >= 4 is 5.91 Å². The summed E-state index contributed by atoms with van der Waals surface area (Å²) in [6.45, 7) is 10.6. The molecule has 0 saturated carbocycles. The number of nitrogens with one attached hydrogen (secondary N) is 1. The molecule has 1 fully saturated rings. The van der Waals surface area contributed by atoms with Crippen LogP contribution < -0.4 is 5.32 Å². The van der Waals surface area contributed by atoms with Crippen LogP contribution in [0.15, 0.2) is 0 Å². The zero-order chi connectivity index (χ0) is 12.8. The van der Waals surface area contributed by atoms with E-state index in [4.69, 9.17) is 0 Å². The molecule has 17 heavy (non-hydrogen) atoms. The van der Waals surface area contributed by atoms with Crippen molar-refractivity contribution < 1.29 is 4.79 Å². The summed E-state index contributed by atoms with van der Waals surface area (Å²) in [6, 6.07) is 0.488. The van der Waals surface area contributed by atoms with Crippen LogP contribution in [0.25, 0.3) is 0 Å². The first-order valence-corrected chi connectivity index (χ1v) is 7.13. The third-order valence-corrected chi connectivity index (χ3v) is 3.59. The van der Waals surface area contributed by atoms with Crippen molar-refractivity contribution in [1.82, 2.24) is 10.2 Å². The van der Waals surface area contributed by atoms with Crippen molar-refractivity contribution in [1.29, 1.82) is 0 Å². The smallest absolute Gasteiger partial charge is 0.239 e. The zero-order valence-electron chi connectivity index (χ0n) is 11.8. The van der Waals surface area contributed by atoms with Crippen LogP contribution in [0, 0.1) is 5.92 Å². The van der Waals surface area contributed by atoms with E-state index in [1.54, 1.807) is 0 Å². The third-order valence-electron chi connectivity index (χ3n) is 3.59. The molecule has 100 valence electrons. The minimum atomic E-state index is 0.0781. The summed E-state index contributed by atoms with van der Waals surface area (Å²) in [7, 11) is 0. The highest BCUT2D eigenvalue weighted by atomic mass is 16.2. The first-order chi connectivity index (χ1) is 8.10. The summed E-state index contributed by atoms with van der Waals surface area (Å²) in [5.41, 5.74) is 0. The molecule has 1 saturated heterocycles. The predicted molar refractivity (Wildman–Crippen MR) is 71.9 cm³/mol. The number of carbonyl (C=O) groups excluding carboxylic acids is 1. The fourth-order valence-corrected chi connectivity index (χ4v) is 2.64. The number of nitrogens with zero attached hydrogens (tertiary/aromatic N) is 1. The van der Waals surface area contributed by atoms with Gasteiger partial charge < -0.3 is 10.2 Å². The second-order valence-corrected chi connectivity index (χ2v) is 5.50. The van der Waals surface area contributed by atoms with Crippen molar-refractivity contribution in [2.24, 2.45) is 5.92 Å². The van der Waals surface area contributed by atoms with E-state index in [1.165, 1.54) is 0 Å². The summed E-state index contributed by atoms with van der Waals surface area (Å²) >= 11 is 0. The largest absolute Gasteiger partial charge is 0.338 e. The van der Waals surface area contributed by atoms with Crippen LogP contribution in [0.4, 0.5) is 0 Å². The minimum Gasteiger partial charge on any atom is -0.338 e. The van der Waals surface area contributed by atoms with Gasteiger partial charge in [-0.3, -0.25) is 4.79 Å². The van der Waals surface area contributed by atoms with Crippen molar-refractivity contribution in [3.8, 4) is 0 Å². The maximum atomic E-state index is 12.5. The van der Waals surface area contributed by atoms with Crippen molar-refractivity contribution in [2.45, 2.75) is 65.5 Å². The first-order valence-electron chi connectivity index (χ1n) is 7.13. The van der Waals surface area contributed by atoms with Crippen LogP contribution in [0.1, 0.15) is 53.4 Å². The fourth-order valence-electron chi connectivity index (χ4n) is 2.64. The van der Waals surface area contributed by atoms with E-state index in [0.717, 1.165) is 38.8 Å².